The molecule has 1 heterocycles. The Morgan fingerprint density at radius 3 is 1.90 bits per heavy atom. The van der Waals surface area contributed by atoms with Crippen molar-refractivity contribution in [2.75, 3.05) is 0 Å². The van der Waals surface area contributed by atoms with Crippen LogP contribution in [0.5, 0.6) is 0 Å². The maximum Gasteiger partial charge on any atom is 0.190 e. The summed E-state index contributed by atoms with van der Waals surface area (Å²) in [5.41, 5.74) is 6.67. The van der Waals surface area contributed by atoms with E-state index < -0.39 is 0 Å². The van der Waals surface area contributed by atoms with Gasteiger partial charge in [0, 0.05) is 27.7 Å². The molecule has 0 spiro atoms. The van der Waals surface area contributed by atoms with E-state index in [1.54, 1.807) is 6.07 Å². The summed E-state index contributed by atoms with van der Waals surface area (Å²) in [6.45, 7) is 0. The summed E-state index contributed by atoms with van der Waals surface area (Å²) in [6, 6.07) is 33.6. The van der Waals surface area contributed by atoms with Crippen LogP contribution >= 0.6 is 11.6 Å². The molecule has 0 atom stereocenters. The summed E-state index contributed by atoms with van der Waals surface area (Å²) in [6.07, 6.45) is 0. The normalized spacial score (nSPS) is 11.0. The number of H-pyrrole nitrogens is 1. The van der Waals surface area contributed by atoms with Crippen molar-refractivity contribution >= 4 is 22.5 Å². The highest BCUT2D eigenvalue weighted by Crippen LogP contribution is 2.33. The van der Waals surface area contributed by atoms with Crippen LogP contribution in [0.4, 0.5) is 0 Å². The smallest absolute Gasteiger partial charge is 0.190 e. The third-order valence-electron chi connectivity index (χ3n) is 5.29. The predicted molar refractivity (Wildman–Crippen MR) is 126 cm³/mol. The predicted octanol–water partition coefficient (Wildman–Crippen LogP) is 7.18. The molecule has 0 amide bonds. The Kier molecular flexibility index (Phi) is 4.70. The van der Waals surface area contributed by atoms with Crippen molar-refractivity contribution in [3.63, 3.8) is 0 Å². The van der Waals surface area contributed by atoms with Gasteiger partial charge in [0.05, 0.1) is 5.52 Å². The first-order valence-electron chi connectivity index (χ1n) is 9.77. The van der Waals surface area contributed by atoms with Crippen molar-refractivity contribution in [1.82, 2.24) is 4.98 Å². The van der Waals surface area contributed by atoms with Crippen LogP contribution in [0.1, 0.15) is 0 Å². The molecule has 0 aliphatic carbocycles. The molecule has 30 heavy (non-hydrogen) atoms. The zero-order valence-electron chi connectivity index (χ0n) is 16.1. The highest BCUT2D eigenvalue weighted by Gasteiger charge is 2.13. The zero-order valence-corrected chi connectivity index (χ0v) is 16.9. The molecule has 3 heteroatoms. The van der Waals surface area contributed by atoms with Gasteiger partial charge in [0.1, 0.15) is 0 Å². The first-order chi connectivity index (χ1) is 14.7. The molecule has 0 aliphatic heterocycles. The van der Waals surface area contributed by atoms with Gasteiger partial charge in [-0.15, -0.1) is 0 Å². The van der Waals surface area contributed by atoms with E-state index in [1.807, 2.05) is 66.7 Å². The van der Waals surface area contributed by atoms with E-state index in [2.05, 4.69) is 35.3 Å². The monoisotopic (exact) mass is 407 g/mol. The molecule has 144 valence electrons. The van der Waals surface area contributed by atoms with Crippen molar-refractivity contribution in [3.8, 4) is 33.5 Å². The van der Waals surface area contributed by atoms with Crippen LogP contribution in [0.25, 0.3) is 44.4 Å². The molecule has 5 rings (SSSR count). The zero-order chi connectivity index (χ0) is 20.5. The minimum Gasteiger partial charge on any atom is -0.354 e. The van der Waals surface area contributed by atoms with Crippen LogP contribution in [0, 0.1) is 0 Å². The molecule has 1 N–H and O–H groups in total. The lowest BCUT2D eigenvalue weighted by Crippen LogP contribution is -2.04. The molecule has 1 aromatic heterocycles. The second-order valence-electron chi connectivity index (χ2n) is 7.23. The molecule has 5 aromatic rings. The number of benzene rings is 4. The Labute approximate surface area is 179 Å². The maximum atomic E-state index is 13.2. The SMILES string of the molecule is O=c1cc(-c2ccc(Cl)cc2)[nH]c2c(-c3ccccc3)cc(-c3ccccc3)cc12. The van der Waals surface area contributed by atoms with Crippen LogP contribution < -0.4 is 5.43 Å². The van der Waals surface area contributed by atoms with E-state index in [1.165, 1.54) is 0 Å². The van der Waals surface area contributed by atoms with Gasteiger partial charge in [-0.2, -0.15) is 0 Å². The number of hydrogen-bond acceptors (Lipinski definition) is 1. The Hall–Kier alpha value is -3.62. The molecule has 0 radical (unpaired) electrons. The van der Waals surface area contributed by atoms with E-state index in [4.69, 9.17) is 11.6 Å². The fourth-order valence-electron chi connectivity index (χ4n) is 3.78. The number of nitrogens with one attached hydrogen (secondary N) is 1. The Morgan fingerprint density at radius 2 is 1.23 bits per heavy atom. The molecule has 2 nitrogen and oxygen atoms in total. The quantitative estimate of drug-likeness (QED) is 0.337. The molecule has 0 saturated carbocycles. The van der Waals surface area contributed by atoms with Crippen molar-refractivity contribution < 1.29 is 0 Å². The summed E-state index contributed by atoms with van der Waals surface area (Å²) >= 11 is 6.03. The van der Waals surface area contributed by atoms with E-state index in [-0.39, 0.29) is 5.43 Å². The number of hydrogen-bond donors (Lipinski definition) is 1. The number of aromatic nitrogens is 1. The molecule has 0 unspecified atom stereocenters. The Balaban J connectivity index is 1.82. The largest absolute Gasteiger partial charge is 0.354 e. The van der Waals surface area contributed by atoms with Gasteiger partial charge in [0.15, 0.2) is 5.43 Å². The number of fused-ring (bicyclic) bond motifs is 1. The van der Waals surface area contributed by atoms with E-state index in [9.17, 15) is 4.79 Å². The van der Waals surface area contributed by atoms with Crippen LogP contribution in [-0.4, -0.2) is 4.98 Å². The van der Waals surface area contributed by atoms with Gasteiger partial charge < -0.3 is 4.98 Å². The van der Waals surface area contributed by atoms with Crippen LogP contribution in [0.15, 0.2) is 108 Å². The van der Waals surface area contributed by atoms with Crippen molar-refractivity contribution in [1.29, 1.82) is 0 Å². The average molecular weight is 408 g/mol. The second-order valence-corrected chi connectivity index (χ2v) is 7.67. The topological polar surface area (TPSA) is 32.9 Å². The molecular weight excluding hydrogens is 390 g/mol. The minimum atomic E-state index is -0.0105. The first kappa shape index (κ1) is 18.4. The van der Waals surface area contributed by atoms with E-state index >= 15 is 0 Å². The molecule has 0 saturated heterocycles. The third-order valence-corrected chi connectivity index (χ3v) is 5.54. The van der Waals surface area contributed by atoms with E-state index in [0.29, 0.717) is 10.4 Å². The van der Waals surface area contributed by atoms with Gasteiger partial charge in [-0.05, 0) is 46.5 Å². The first-order valence-corrected chi connectivity index (χ1v) is 10.1. The number of aromatic amines is 1. The summed E-state index contributed by atoms with van der Waals surface area (Å²) in [7, 11) is 0. The lowest BCUT2D eigenvalue weighted by molar-refractivity contribution is 1.38. The maximum absolute atomic E-state index is 13.2. The highest BCUT2D eigenvalue weighted by molar-refractivity contribution is 6.30. The average Bonchev–Trinajstić information content (AvgIpc) is 2.80. The summed E-state index contributed by atoms with van der Waals surface area (Å²) in [4.78, 5) is 16.7. The fourth-order valence-corrected chi connectivity index (χ4v) is 3.90. The summed E-state index contributed by atoms with van der Waals surface area (Å²) in [5.74, 6) is 0. The van der Waals surface area contributed by atoms with Gasteiger partial charge in [-0.3, -0.25) is 4.79 Å². The van der Waals surface area contributed by atoms with Crippen LogP contribution in [0.3, 0.4) is 0 Å². The van der Waals surface area contributed by atoms with Gasteiger partial charge in [-0.25, -0.2) is 0 Å². The van der Waals surface area contributed by atoms with E-state index in [0.717, 1.165) is 39.0 Å². The molecule has 0 aliphatic rings. The molecular formula is C27H18ClNO. The van der Waals surface area contributed by atoms with Crippen molar-refractivity contribution in [2.45, 2.75) is 0 Å². The molecule has 4 aromatic carbocycles. The van der Waals surface area contributed by atoms with Gasteiger partial charge in [-0.1, -0.05) is 84.4 Å². The number of rotatable bonds is 3. The summed E-state index contributed by atoms with van der Waals surface area (Å²) in [5, 5.41) is 1.34. The Bertz CT molecular complexity index is 1390. The summed E-state index contributed by atoms with van der Waals surface area (Å²) < 4.78 is 0. The molecule has 0 fully saturated rings. The van der Waals surface area contributed by atoms with Crippen molar-refractivity contribution in [3.05, 3.63) is 118 Å². The lowest BCUT2D eigenvalue weighted by atomic mass is 9.95. The van der Waals surface area contributed by atoms with Gasteiger partial charge >= 0.3 is 0 Å². The van der Waals surface area contributed by atoms with Crippen molar-refractivity contribution in [2.24, 2.45) is 0 Å². The number of halogens is 1. The minimum absolute atomic E-state index is 0.0105. The lowest BCUT2D eigenvalue weighted by Gasteiger charge is -2.13. The standard InChI is InChI=1S/C27H18ClNO/c28-22-13-11-20(12-14-22)25-17-26(30)24-16-21(18-7-3-1-4-8-18)15-23(27(24)29-25)19-9-5-2-6-10-19/h1-17H,(H,29,30). The Morgan fingerprint density at radius 1 is 0.600 bits per heavy atom. The number of pyridine rings is 1. The van der Waals surface area contributed by atoms with Crippen LogP contribution in [0.2, 0.25) is 5.02 Å². The van der Waals surface area contributed by atoms with Gasteiger partial charge in [0.25, 0.3) is 0 Å². The molecule has 0 bridgehead atoms. The fraction of sp³-hybridized carbons (Fsp3) is 0. The van der Waals surface area contributed by atoms with Gasteiger partial charge in [0.2, 0.25) is 0 Å². The third kappa shape index (κ3) is 3.42. The highest BCUT2D eigenvalue weighted by atomic mass is 35.5. The second kappa shape index (κ2) is 7.66. The van der Waals surface area contributed by atoms with Crippen LogP contribution in [-0.2, 0) is 0 Å².